The number of hydrogen-bond acceptors (Lipinski definition) is 3. The fourth-order valence-corrected chi connectivity index (χ4v) is 2.25. The Morgan fingerprint density at radius 3 is 2.81 bits per heavy atom. The van der Waals surface area contributed by atoms with E-state index in [0.29, 0.717) is 5.56 Å². The summed E-state index contributed by atoms with van der Waals surface area (Å²) in [7, 11) is 0. The van der Waals surface area contributed by atoms with Gasteiger partial charge in [0.25, 0.3) is 0 Å². The quantitative estimate of drug-likeness (QED) is 0.698. The molecule has 2 rings (SSSR count). The molecule has 0 heterocycles. The number of carboxylic acids is 1. The highest BCUT2D eigenvalue weighted by atomic mass is 16.4. The predicted octanol–water partition coefficient (Wildman–Crippen LogP) is 0.621. The average molecular weight is 221 g/mol. The van der Waals surface area contributed by atoms with Crippen LogP contribution >= 0.6 is 0 Å². The Morgan fingerprint density at radius 2 is 2.12 bits per heavy atom. The standard InChI is InChI=1S/C12H15NO3/c13-10(12(15)16)11(14)9-6-2-4-7-3-1-5-8(7)9/h2,4,6,10-11,14H,1,3,5,13H2,(H,15,16). The monoisotopic (exact) mass is 221 g/mol. The van der Waals surface area contributed by atoms with E-state index in [9.17, 15) is 9.90 Å². The molecule has 1 aromatic rings. The van der Waals surface area contributed by atoms with E-state index in [-0.39, 0.29) is 0 Å². The number of fused-ring (bicyclic) bond motifs is 1. The predicted molar refractivity (Wildman–Crippen MR) is 59.0 cm³/mol. The third kappa shape index (κ3) is 1.81. The van der Waals surface area contributed by atoms with Crippen molar-refractivity contribution in [1.29, 1.82) is 0 Å². The van der Waals surface area contributed by atoms with E-state index in [1.54, 1.807) is 6.07 Å². The first-order valence-electron chi connectivity index (χ1n) is 5.38. The highest BCUT2D eigenvalue weighted by Crippen LogP contribution is 2.30. The SMILES string of the molecule is NC(C(=O)O)C(O)c1cccc2c1CCC2. The first-order chi connectivity index (χ1) is 7.61. The van der Waals surface area contributed by atoms with E-state index in [4.69, 9.17) is 10.8 Å². The number of nitrogens with two attached hydrogens (primary N) is 1. The van der Waals surface area contributed by atoms with E-state index in [1.165, 1.54) is 5.56 Å². The van der Waals surface area contributed by atoms with Crippen LogP contribution in [0.5, 0.6) is 0 Å². The second-order valence-electron chi connectivity index (χ2n) is 4.15. The van der Waals surface area contributed by atoms with E-state index >= 15 is 0 Å². The molecule has 1 aliphatic carbocycles. The molecule has 0 fully saturated rings. The Kier molecular flexibility index (Phi) is 2.94. The molecule has 0 spiro atoms. The van der Waals surface area contributed by atoms with Crippen LogP contribution in [0.15, 0.2) is 18.2 Å². The molecule has 86 valence electrons. The lowest BCUT2D eigenvalue weighted by atomic mass is 9.95. The van der Waals surface area contributed by atoms with Gasteiger partial charge in [0.1, 0.15) is 12.1 Å². The Hall–Kier alpha value is -1.39. The number of aryl methyl sites for hydroxylation is 1. The zero-order valence-electron chi connectivity index (χ0n) is 8.89. The lowest BCUT2D eigenvalue weighted by molar-refractivity contribution is -0.141. The van der Waals surface area contributed by atoms with Gasteiger partial charge >= 0.3 is 5.97 Å². The number of aliphatic hydroxyl groups is 1. The number of aliphatic carboxylic acids is 1. The molecule has 0 amide bonds. The molecule has 2 unspecified atom stereocenters. The van der Waals surface area contributed by atoms with Crippen LogP contribution < -0.4 is 5.73 Å². The maximum Gasteiger partial charge on any atom is 0.323 e. The Labute approximate surface area is 93.7 Å². The van der Waals surface area contributed by atoms with Gasteiger partial charge in [-0.05, 0) is 36.0 Å². The second kappa shape index (κ2) is 4.23. The number of carbonyl (C=O) groups is 1. The van der Waals surface area contributed by atoms with Gasteiger partial charge < -0.3 is 15.9 Å². The molecule has 4 N–H and O–H groups in total. The van der Waals surface area contributed by atoms with Crippen LogP contribution in [-0.4, -0.2) is 22.2 Å². The fraction of sp³-hybridized carbons (Fsp3) is 0.417. The Morgan fingerprint density at radius 1 is 1.38 bits per heavy atom. The molecule has 16 heavy (non-hydrogen) atoms. The summed E-state index contributed by atoms with van der Waals surface area (Å²) in [4.78, 5) is 10.7. The summed E-state index contributed by atoms with van der Waals surface area (Å²) in [6.07, 6.45) is 1.83. The maximum absolute atomic E-state index is 10.7. The van der Waals surface area contributed by atoms with Crippen LogP contribution in [0.2, 0.25) is 0 Å². The van der Waals surface area contributed by atoms with Crippen molar-refractivity contribution in [1.82, 2.24) is 0 Å². The summed E-state index contributed by atoms with van der Waals surface area (Å²) in [5.74, 6) is -1.18. The molecule has 0 aliphatic heterocycles. The van der Waals surface area contributed by atoms with Gasteiger partial charge in [-0.15, -0.1) is 0 Å². The molecule has 0 radical (unpaired) electrons. The maximum atomic E-state index is 10.7. The molecular weight excluding hydrogens is 206 g/mol. The van der Waals surface area contributed by atoms with Gasteiger partial charge in [-0.25, -0.2) is 0 Å². The zero-order valence-corrected chi connectivity index (χ0v) is 8.89. The topological polar surface area (TPSA) is 83.6 Å². The highest BCUT2D eigenvalue weighted by molar-refractivity contribution is 5.74. The van der Waals surface area contributed by atoms with Crippen molar-refractivity contribution in [2.24, 2.45) is 5.73 Å². The van der Waals surface area contributed by atoms with Crippen molar-refractivity contribution in [3.8, 4) is 0 Å². The highest BCUT2D eigenvalue weighted by Gasteiger charge is 2.27. The lowest BCUT2D eigenvalue weighted by Crippen LogP contribution is -2.36. The van der Waals surface area contributed by atoms with Crippen molar-refractivity contribution in [3.63, 3.8) is 0 Å². The van der Waals surface area contributed by atoms with Crippen LogP contribution in [-0.2, 0) is 17.6 Å². The first kappa shape index (κ1) is 11.1. The van der Waals surface area contributed by atoms with Gasteiger partial charge in [0.15, 0.2) is 0 Å². The molecule has 2 atom stereocenters. The molecule has 0 bridgehead atoms. The van der Waals surface area contributed by atoms with Crippen LogP contribution in [0.3, 0.4) is 0 Å². The van der Waals surface area contributed by atoms with Gasteiger partial charge in [0.2, 0.25) is 0 Å². The van der Waals surface area contributed by atoms with E-state index < -0.39 is 18.1 Å². The normalized spacial score (nSPS) is 17.9. The molecule has 4 heteroatoms. The van der Waals surface area contributed by atoms with Crippen LogP contribution in [0, 0.1) is 0 Å². The van der Waals surface area contributed by atoms with Crippen molar-refractivity contribution < 1.29 is 15.0 Å². The van der Waals surface area contributed by atoms with Crippen molar-refractivity contribution in [3.05, 3.63) is 34.9 Å². The largest absolute Gasteiger partial charge is 0.480 e. The Balaban J connectivity index is 2.34. The van der Waals surface area contributed by atoms with Crippen molar-refractivity contribution in [2.45, 2.75) is 31.4 Å². The van der Waals surface area contributed by atoms with Crippen LogP contribution in [0.1, 0.15) is 29.2 Å². The van der Waals surface area contributed by atoms with Gasteiger partial charge in [-0.1, -0.05) is 18.2 Å². The van der Waals surface area contributed by atoms with Crippen molar-refractivity contribution >= 4 is 5.97 Å². The number of aliphatic hydroxyl groups excluding tert-OH is 1. The molecule has 0 aromatic heterocycles. The summed E-state index contributed by atoms with van der Waals surface area (Å²) in [5, 5.41) is 18.7. The number of carboxylic acid groups (broad SMARTS) is 1. The molecule has 1 aromatic carbocycles. The number of hydrogen-bond donors (Lipinski definition) is 3. The number of rotatable bonds is 3. The minimum Gasteiger partial charge on any atom is -0.480 e. The molecule has 1 aliphatic rings. The molecule has 0 saturated heterocycles. The lowest BCUT2D eigenvalue weighted by Gasteiger charge is -2.18. The first-order valence-corrected chi connectivity index (χ1v) is 5.38. The Bertz CT molecular complexity index is 417. The summed E-state index contributed by atoms with van der Waals surface area (Å²) >= 11 is 0. The minimum atomic E-state index is -1.26. The molecule has 4 nitrogen and oxygen atoms in total. The van der Waals surface area contributed by atoms with E-state index in [0.717, 1.165) is 24.8 Å². The van der Waals surface area contributed by atoms with Gasteiger partial charge in [0.05, 0.1) is 0 Å². The second-order valence-corrected chi connectivity index (χ2v) is 4.15. The summed E-state index contributed by atoms with van der Waals surface area (Å²) in [6.45, 7) is 0. The fourth-order valence-electron chi connectivity index (χ4n) is 2.25. The molecular formula is C12H15NO3. The van der Waals surface area contributed by atoms with Gasteiger partial charge in [-0.2, -0.15) is 0 Å². The van der Waals surface area contributed by atoms with E-state index in [1.807, 2.05) is 12.1 Å². The minimum absolute atomic E-state index is 0.671. The van der Waals surface area contributed by atoms with E-state index in [2.05, 4.69) is 0 Å². The third-order valence-electron chi connectivity index (χ3n) is 3.13. The summed E-state index contributed by atoms with van der Waals surface area (Å²) < 4.78 is 0. The van der Waals surface area contributed by atoms with Crippen LogP contribution in [0.25, 0.3) is 0 Å². The number of benzene rings is 1. The van der Waals surface area contributed by atoms with Crippen molar-refractivity contribution in [2.75, 3.05) is 0 Å². The van der Waals surface area contributed by atoms with Gasteiger partial charge in [-0.3, -0.25) is 4.79 Å². The average Bonchev–Trinajstić information content (AvgIpc) is 2.74. The smallest absolute Gasteiger partial charge is 0.323 e. The summed E-state index contributed by atoms with van der Waals surface area (Å²) in [5.41, 5.74) is 8.39. The summed E-state index contributed by atoms with van der Waals surface area (Å²) in [6, 6.07) is 4.37. The van der Waals surface area contributed by atoms with Crippen LogP contribution in [0.4, 0.5) is 0 Å². The van der Waals surface area contributed by atoms with Gasteiger partial charge in [0, 0.05) is 0 Å². The third-order valence-corrected chi connectivity index (χ3v) is 3.13. The molecule has 0 saturated carbocycles. The zero-order chi connectivity index (χ0) is 11.7.